The van der Waals surface area contributed by atoms with Gasteiger partial charge in [0.2, 0.25) is 0 Å². The van der Waals surface area contributed by atoms with Crippen LogP contribution in [0.2, 0.25) is 5.02 Å². The molecule has 2 aromatic carbocycles. The standard InChI is InChI=1S/C16H16ClN3O2S/c1-21-14-6-4-3-5-11(14)10-18-20-16(23)19-13-9-12(17)7-8-15(13)22-2/h3-10H,1-2H3,(H2,19,20,23). The highest BCUT2D eigenvalue weighted by Gasteiger charge is 2.05. The van der Waals surface area contributed by atoms with E-state index in [1.165, 1.54) is 0 Å². The lowest BCUT2D eigenvalue weighted by molar-refractivity contribution is 0.414. The zero-order valence-electron chi connectivity index (χ0n) is 12.7. The Morgan fingerprint density at radius 1 is 1.13 bits per heavy atom. The van der Waals surface area contributed by atoms with Crippen molar-refractivity contribution in [1.82, 2.24) is 5.43 Å². The molecular weight excluding hydrogens is 334 g/mol. The minimum absolute atomic E-state index is 0.316. The highest BCUT2D eigenvalue weighted by molar-refractivity contribution is 7.80. The lowest BCUT2D eigenvalue weighted by atomic mass is 10.2. The van der Waals surface area contributed by atoms with Crippen LogP contribution in [0.1, 0.15) is 5.56 Å². The largest absolute Gasteiger partial charge is 0.496 e. The van der Waals surface area contributed by atoms with Gasteiger partial charge in [0, 0.05) is 10.6 Å². The van der Waals surface area contributed by atoms with E-state index in [2.05, 4.69) is 15.8 Å². The van der Waals surface area contributed by atoms with Crippen LogP contribution in [0.4, 0.5) is 5.69 Å². The molecular formula is C16H16ClN3O2S. The normalized spacial score (nSPS) is 10.4. The fraction of sp³-hybridized carbons (Fsp3) is 0.125. The Balaban J connectivity index is 2.00. The molecule has 5 nitrogen and oxygen atoms in total. The number of nitrogens with one attached hydrogen (secondary N) is 2. The molecule has 2 aromatic rings. The van der Waals surface area contributed by atoms with Crippen molar-refractivity contribution in [3.63, 3.8) is 0 Å². The molecule has 2 N–H and O–H groups in total. The number of hydrogen-bond donors (Lipinski definition) is 2. The van der Waals surface area contributed by atoms with E-state index in [1.54, 1.807) is 38.6 Å². The van der Waals surface area contributed by atoms with E-state index in [0.717, 1.165) is 11.3 Å². The van der Waals surface area contributed by atoms with Gasteiger partial charge in [0.15, 0.2) is 5.11 Å². The molecule has 0 radical (unpaired) electrons. The molecule has 0 spiro atoms. The Labute approximate surface area is 145 Å². The highest BCUT2D eigenvalue weighted by atomic mass is 35.5. The molecule has 0 bridgehead atoms. The van der Waals surface area contributed by atoms with Gasteiger partial charge in [0.1, 0.15) is 11.5 Å². The topological polar surface area (TPSA) is 54.9 Å². The van der Waals surface area contributed by atoms with Crippen molar-refractivity contribution in [1.29, 1.82) is 0 Å². The molecule has 0 aliphatic carbocycles. The SMILES string of the molecule is COc1ccccc1C=NNC(=S)Nc1cc(Cl)ccc1OC. The first-order valence-electron chi connectivity index (χ1n) is 6.70. The Kier molecular flexibility index (Phi) is 6.19. The van der Waals surface area contributed by atoms with Crippen LogP contribution in [0.5, 0.6) is 11.5 Å². The first kappa shape index (κ1) is 17.1. The number of halogens is 1. The van der Waals surface area contributed by atoms with E-state index in [1.807, 2.05) is 24.3 Å². The predicted octanol–water partition coefficient (Wildman–Crippen LogP) is 3.68. The smallest absolute Gasteiger partial charge is 0.191 e. The molecule has 0 aliphatic rings. The summed E-state index contributed by atoms with van der Waals surface area (Å²) in [5, 5.41) is 7.97. The van der Waals surface area contributed by atoms with Crippen molar-refractivity contribution < 1.29 is 9.47 Å². The van der Waals surface area contributed by atoms with Gasteiger partial charge in [-0.05, 0) is 42.5 Å². The second-order valence-corrected chi connectivity index (χ2v) is 5.26. The molecule has 0 unspecified atom stereocenters. The summed E-state index contributed by atoms with van der Waals surface area (Å²) in [6.07, 6.45) is 1.63. The Morgan fingerprint density at radius 2 is 1.87 bits per heavy atom. The van der Waals surface area contributed by atoms with Gasteiger partial charge in [-0.3, -0.25) is 5.43 Å². The van der Waals surface area contributed by atoms with Crippen LogP contribution in [0.25, 0.3) is 0 Å². The van der Waals surface area contributed by atoms with Gasteiger partial charge in [0.25, 0.3) is 0 Å². The fourth-order valence-corrected chi connectivity index (χ4v) is 2.20. The van der Waals surface area contributed by atoms with Crippen LogP contribution in [0.3, 0.4) is 0 Å². The summed E-state index contributed by atoms with van der Waals surface area (Å²) in [6, 6.07) is 12.7. The molecule has 0 atom stereocenters. The van der Waals surface area contributed by atoms with Crippen molar-refractivity contribution >= 4 is 40.8 Å². The second kappa shape index (κ2) is 8.36. The molecule has 0 amide bonds. The van der Waals surface area contributed by atoms with Gasteiger partial charge in [-0.1, -0.05) is 23.7 Å². The van der Waals surface area contributed by atoms with Crippen molar-refractivity contribution in [2.24, 2.45) is 5.10 Å². The van der Waals surface area contributed by atoms with Crippen LogP contribution in [-0.4, -0.2) is 25.5 Å². The molecule has 0 fully saturated rings. The molecule has 2 rings (SSSR count). The molecule has 7 heteroatoms. The molecule has 0 saturated heterocycles. The number of hydrogen-bond acceptors (Lipinski definition) is 4. The quantitative estimate of drug-likeness (QED) is 0.490. The molecule has 0 aliphatic heterocycles. The average molecular weight is 350 g/mol. The number of anilines is 1. The predicted molar refractivity (Wildman–Crippen MR) is 97.9 cm³/mol. The molecule has 0 heterocycles. The van der Waals surface area contributed by atoms with E-state index < -0.39 is 0 Å². The fourth-order valence-electron chi connectivity index (χ4n) is 1.86. The van der Waals surface area contributed by atoms with E-state index >= 15 is 0 Å². The van der Waals surface area contributed by atoms with Crippen LogP contribution >= 0.6 is 23.8 Å². The number of nitrogens with zero attached hydrogens (tertiary/aromatic N) is 1. The van der Waals surface area contributed by atoms with Crippen LogP contribution in [-0.2, 0) is 0 Å². The zero-order valence-corrected chi connectivity index (χ0v) is 14.2. The number of thiocarbonyl (C=S) groups is 1. The number of rotatable bonds is 5. The number of benzene rings is 2. The van der Waals surface area contributed by atoms with E-state index in [4.69, 9.17) is 33.3 Å². The number of hydrazone groups is 1. The Bertz CT molecular complexity index is 722. The maximum absolute atomic E-state index is 5.97. The van der Waals surface area contributed by atoms with Crippen molar-refractivity contribution in [3.05, 3.63) is 53.1 Å². The van der Waals surface area contributed by atoms with Gasteiger partial charge in [-0.15, -0.1) is 0 Å². The summed E-state index contributed by atoms with van der Waals surface area (Å²) in [5.74, 6) is 1.36. The van der Waals surface area contributed by atoms with Gasteiger partial charge in [-0.25, -0.2) is 0 Å². The number of ether oxygens (including phenoxy) is 2. The molecule has 0 aromatic heterocycles. The lowest BCUT2D eigenvalue weighted by Gasteiger charge is -2.11. The van der Waals surface area contributed by atoms with Crippen molar-refractivity contribution in [2.75, 3.05) is 19.5 Å². The van der Waals surface area contributed by atoms with Crippen LogP contribution in [0.15, 0.2) is 47.6 Å². The van der Waals surface area contributed by atoms with Gasteiger partial charge >= 0.3 is 0 Å². The monoisotopic (exact) mass is 349 g/mol. The number of para-hydroxylation sites is 1. The van der Waals surface area contributed by atoms with Crippen LogP contribution < -0.4 is 20.2 Å². The molecule has 0 saturated carbocycles. The summed E-state index contributed by atoms with van der Waals surface area (Å²) in [7, 11) is 3.18. The summed E-state index contributed by atoms with van der Waals surface area (Å²) in [5.41, 5.74) is 4.23. The minimum Gasteiger partial charge on any atom is -0.496 e. The van der Waals surface area contributed by atoms with Crippen LogP contribution in [0, 0.1) is 0 Å². The minimum atomic E-state index is 0.316. The maximum atomic E-state index is 5.97. The van der Waals surface area contributed by atoms with Crippen molar-refractivity contribution in [3.8, 4) is 11.5 Å². The molecule has 120 valence electrons. The van der Waals surface area contributed by atoms with Gasteiger partial charge in [-0.2, -0.15) is 5.10 Å². The lowest BCUT2D eigenvalue weighted by Crippen LogP contribution is -2.24. The first-order valence-corrected chi connectivity index (χ1v) is 7.49. The maximum Gasteiger partial charge on any atom is 0.191 e. The summed E-state index contributed by atoms with van der Waals surface area (Å²) in [4.78, 5) is 0. The summed E-state index contributed by atoms with van der Waals surface area (Å²) >= 11 is 11.2. The van der Waals surface area contributed by atoms with Gasteiger partial charge < -0.3 is 14.8 Å². The summed E-state index contributed by atoms with van der Waals surface area (Å²) < 4.78 is 10.5. The van der Waals surface area contributed by atoms with Crippen molar-refractivity contribution in [2.45, 2.75) is 0 Å². The first-order chi connectivity index (χ1) is 11.1. The number of methoxy groups -OCH3 is 2. The highest BCUT2D eigenvalue weighted by Crippen LogP contribution is 2.27. The third kappa shape index (κ3) is 4.84. The third-order valence-electron chi connectivity index (χ3n) is 2.92. The summed E-state index contributed by atoms with van der Waals surface area (Å²) in [6.45, 7) is 0. The Morgan fingerprint density at radius 3 is 2.61 bits per heavy atom. The zero-order chi connectivity index (χ0) is 16.7. The van der Waals surface area contributed by atoms with Gasteiger partial charge in [0.05, 0.1) is 26.1 Å². The third-order valence-corrected chi connectivity index (χ3v) is 3.35. The average Bonchev–Trinajstić information content (AvgIpc) is 2.55. The van der Waals surface area contributed by atoms with E-state index in [-0.39, 0.29) is 0 Å². The molecule has 23 heavy (non-hydrogen) atoms. The van der Waals surface area contributed by atoms with E-state index in [9.17, 15) is 0 Å². The second-order valence-electron chi connectivity index (χ2n) is 4.41. The Hall–Kier alpha value is -2.31. The van der Waals surface area contributed by atoms with E-state index in [0.29, 0.717) is 21.6 Å².